The Morgan fingerprint density at radius 3 is 2.68 bits per heavy atom. The molecule has 3 aliphatic carbocycles. The number of fused-ring (bicyclic) bond motifs is 3. The molecule has 2 nitrogen and oxygen atoms in total. The molecule has 0 aromatic heterocycles. The Morgan fingerprint density at radius 2 is 2.05 bits per heavy atom. The topological polar surface area (TPSA) is 37.3 Å². The van der Waals surface area contributed by atoms with Gasteiger partial charge in [0.25, 0.3) is 0 Å². The van der Waals surface area contributed by atoms with Crippen molar-refractivity contribution >= 4 is 5.97 Å². The van der Waals surface area contributed by atoms with Crippen LogP contribution in [0.3, 0.4) is 0 Å². The van der Waals surface area contributed by atoms with Crippen LogP contribution in [0.2, 0.25) is 0 Å². The van der Waals surface area contributed by atoms with Gasteiger partial charge in [-0.1, -0.05) is 44.6 Å². The van der Waals surface area contributed by atoms with Gasteiger partial charge in [-0.25, -0.2) is 0 Å². The molecule has 0 aliphatic heterocycles. The standard InChI is InChI=1S/C20H28O2/c1-5-18(2)12-9-15-14(13-18)7-8-16-19(15,3)10-6-11-20(16,4)17(21)22/h5,7-8,13,15-16H,1,6,9-12H2,2-4H3,(H,21,22)/t15-,16+,18+,19-,20-/m1/s1. The zero-order chi connectivity index (χ0) is 16.2. The van der Waals surface area contributed by atoms with Crippen LogP contribution in [-0.2, 0) is 4.79 Å². The lowest BCUT2D eigenvalue weighted by Crippen LogP contribution is -2.52. The molecular weight excluding hydrogens is 272 g/mol. The Kier molecular flexibility index (Phi) is 3.43. The number of hydrogen-bond donors (Lipinski definition) is 1. The third kappa shape index (κ3) is 2.03. The number of carbonyl (C=O) groups is 1. The summed E-state index contributed by atoms with van der Waals surface area (Å²) >= 11 is 0. The first kappa shape index (κ1) is 15.6. The fourth-order valence-electron chi connectivity index (χ4n) is 5.36. The van der Waals surface area contributed by atoms with Crippen molar-refractivity contribution in [2.24, 2.45) is 28.1 Å². The Bertz CT molecular complexity index is 572. The molecule has 120 valence electrons. The van der Waals surface area contributed by atoms with E-state index in [0.29, 0.717) is 5.92 Å². The summed E-state index contributed by atoms with van der Waals surface area (Å²) in [7, 11) is 0. The fraction of sp³-hybridized carbons (Fsp3) is 0.650. The van der Waals surface area contributed by atoms with Gasteiger partial charge < -0.3 is 5.11 Å². The van der Waals surface area contributed by atoms with Crippen molar-refractivity contribution in [3.63, 3.8) is 0 Å². The van der Waals surface area contributed by atoms with E-state index in [-0.39, 0.29) is 16.7 Å². The first-order chi connectivity index (χ1) is 10.3. The second kappa shape index (κ2) is 4.84. The molecule has 1 saturated carbocycles. The van der Waals surface area contributed by atoms with Gasteiger partial charge in [-0.3, -0.25) is 4.79 Å². The number of carboxylic acids is 1. The Morgan fingerprint density at radius 1 is 1.32 bits per heavy atom. The van der Waals surface area contributed by atoms with Gasteiger partial charge in [0, 0.05) is 5.41 Å². The Hall–Kier alpha value is -1.31. The average Bonchev–Trinajstić information content (AvgIpc) is 2.46. The molecule has 0 saturated heterocycles. The van der Waals surface area contributed by atoms with Gasteiger partial charge in [-0.05, 0) is 55.4 Å². The highest BCUT2D eigenvalue weighted by atomic mass is 16.4. The number of carboxylic acid groups (broad SMARTS) is 1. The van der Waals surface area contributed by atoms with E-state index < -0.39 is 11.4 Å². The number of rotatable bonds is 2. The van der Waals surface area contributed by atoms with Crippen LogP contribution in [0.1, 0.15) is 52.9 Å². The summed E-state index contributed by atoms with van der Waals surface area (Å²) in [6.07, 6.45) is 14.0. The Labute approximate surface area is 134 Å². The molecule has 0 bridgehead atoms. The molecule has 0 aromatic rings. The van der Waals surface area contributed by atoms with Gasteiger partial charge in [-0.2, -0.15) is 0 Å². The minimum atomic E-state index is -0.632. The lowest BCUT2D eigenvalue weighted by molar-refractivity contribution is -0.159. The highest BCUT2D eigenvalue weighted by molar-refractivity contribution is 5.75. The molecule has 1 fully saturated rings. The average molecular weight is 300 g/mol. The maximum atomic E-state index is 11.9. The van der Waals surface area contributed by atoms with Crippen molar-refractivity contribution in [1.82, 2.24) is 0 Å². The summed E-state index contributed by atoms with van der Waals surface area (Å²) in [5.74, 6) is 0.00299. The molecule has 2 heteroatoms. The third-order valence-electron chi connectivity index (χ3n) is 6.91. The summed E-state index contributed by atoms with van der Waals surface area (Å²) in [4.78, 5) is 11.9. The first-order valence-electron chi connectivity index (χ1n) is 8.53. The number of hydrogen-bond acceptors (Lipinski definition) is 1. The van der Waals surface area contributed by atoms with Gasteiger partial charge >= 0.3 is 5.97 Å². The van der Waals surface area contributed by atoms with E-state index >= 15 is 0 Å². The molecular formula is C20H28O2. The maximum Gasteiger partial charge on any atom is 0.309 e. The van der Waals surface area contributed by atoms with Crippen molar-refractivity contribution in [3.05, 3.63) is 36.5 Å². The molecule has 22 heavy (non-hydrogen) atoms. The molecule has 0 aromatic carbocycles. The van der Waals surface area contributed by atoms with Crippen LogP contribution < -0.4 is 0 Å². The van der Waals surface area contributed by atoms with Gasteiger partial charge in [-0.15, -0.1) is 6.58 Å². The van der Waals surface area contributed by atoms with Crippen LogP contribution in [0.25, 0.3) is 0 Å². The summed E-state index contributed by atoms with van der Waals surface area (Å²) < 4.78 is 0. The van der Waals surface area contributed by atoms with Gasteiger partial charge in [0.15, 0.2) is 0 Å². The van der Waals surface area contributed by atoms with Crippen molar-refractivity contribution < 1.29 is 9.90 Å². The SMILES string of the molecule is C=C[C@]1(C)C=C2C=C[C@H]3[C@](C)(CCC[C@@]3(C)C(=O)O)[C@@H]2CC1. The predicted octanol–water partition coefficient (Wildman–Crippen LogP) is 4.98. The largest absolute Gasteiger partial charge is 0.481 e. The van der Waals surface area contributed by atoms with Crippen molar-refractivity contribution in [3.8, 4) is 0 Å². The van der Waals surface area contributed by atoms with E-state index in [1.165, 1.54) is 5.57 Å². The minimum absolute atomic E-state index is 0.0779. The molecule has 0 amide bonds. The zero-order valence-corrected chi connectivity index (χ0v) is 14.1. The molecule has 1 N–H and O–H groups in total. The second-order valence-electron chi connectivity index (χ2n) is 8.36. The van der Waals surface area contributed by atoms with Gasteiger partial charge in [0.1, 0.15) is 0 Å². The van der Waals surface area contributed by atoms with E-state index in [1.807, 2.05) is 6.92 Å². The maximum absolute atomic E-state index is 11.9. The summed E-state index contributed by atoms with van der Waals surface area (Å²) in [6, 6.07) is 0. The van der Waals surface area contributed by atoms with Crippen LogP contribution in [-0.4, -0.2) is 11.1 Å². The van der Waals surface area contributed by atoms with E-state index in [2.05, 4.69) is 44.7 Å². The number of aliphatic carboxylic acids is 1. The van der Waals surface area contributed by atoms with E-state index in [9.17, 15) is 9.90 Å². The zero-order valence-electron chi connectivity index (χ0n) is 14.1. The molecule has 0 unspecified atom stereocenters. The van der Waals surface area contributed by atoms with Crippen LogP contribution >= 0.6 is 0 Å². The second-order valence-corrected chi connectivity index (χ2v) is 8.36. The molecule has 0 spiro atoms. The monoisotopic (exact) mass is 300 g/mol. The van der Waals surface area contributed by atoms with Crippen molar-refractivity contribution in [1.29, 1.82) is 0 Å². The quantitative estimate of drug-likeness (QED) is 0.730. The Balaban J connectivity index is 2.07. The first-order valence-corrected chi connectivity index (χ1v) is 8.53. The highest BCUT2D eigenvalue weighted by Crippen LogP contribution is 2.61. The fourth-order valence-corrected chi connectivity index (χ4v) is 5.36. The van der Waals surface area contributed by atoms with Crippen LogP contribution in [0.4, 0.5) is 0 Å². The molecule has 3 rings (SSSR count). The summed E-state index contributed by atoms with van der Waals surface area (Å²) in [5, 5.41) is 9.81. The van der Waals surface area contributed by atoms with E-state index in [0.717, 1.165) is 32.1 Å². The summed E-state index contributed by atoms with van der Waals surface area (Å²) in [5.41, 5.74) is 0.953. The predicted molar refractivity (Wildman–Crippen MR) is 89.4 cm³/mol. The minimum Gasteiger partial charge on any atom is -0.481 e. The van der Waals surface area contributed by atoms with Crippen LogP contribution in [0, 0.1) is 28.1 Å². The molecule has 3 aliphatic rings. The van der Waals surface area contributed by atoms with Gasteiger partial charge in [0.2, 0.25) is 0 Å². The van der Waals surface area contributed by atoms with Crippen LogP contribution in [0.5, 0.6) is 0 Å². The smallest absolute Gasteiger partial charge is 0.309 e. The molecule has 5 atom stereocenters. The lowest BCUT2D eigenvalue weighted by atomic mass is 9.47. The molecule has 0 radical (unpaired) electrons. The normalized spacial score (nSPS) is 47.1. The highest BCUT2D eigenvalue weighted by Gasteiger charge is 2.57. The summed E-state index contributed by atoms with van der Waals surface area (Å²) in [6.45, 7) is 10.5. The van der Waals surface area contributed by atoms with Crippen molar-refractivity contribution in [2.45, 2.75) is 52.9 Å². The van der Waals surface area contributed by atoms with Crippen LogP contribution in [0.15, 0.2) is 36.5 Å². The van der Waals surface area contributed by atoms with E-state index in [1.54, 1.807) is 0 Å². The lowest BCUT2D eigenvalue weighted by Gasteiger charge is -2.56. The van der Waals surface area contributed by atoms with E-state index in [4.69, 9.17) is 0 Å². The van der Waals surface area contributed by atoms with Crippen molar-refractivity contribution in [2.75, 3.05) is 0 Å². The molecule has 0 heterocycles. The van der Waals surface area contributed by atoms with Gasteiger partial charge in [0.05, 0.1) is 5.41 Å². The number of allylic oxidation sites excluding steroid dienone is 5. The third-order valence-corrected chi connectivity index (χ3v) is 6.91.